The molecular formula is C15H20BrNO2. The lowest BCUT2D eigenvalue weighted by atomic mass is 9.85. The molecule has 0 heterocycles. The molecule has 1 aromatic carbocycles. The van der Waals surface area contributed by atoms with Crippen molar-refractivity contribution in [2.75, 3.05) is 6.54 Å². The van der Waals surface area contributed by atoms with Crippen LogP contribution < -0.4 is 5.32 Å². The molecule has 1 aromatic rings. The van der Waals surface area contributed by atoms with Crippen LogP contribution in [0.1, 0.15) is 42.5 Å². The van der Waals surface area contributed by atoms with Crippen LogP contribution in [0.15, 0.2) is 28.7 Å². The number of aliphatic hydroxyl groups is 1. The quantitative estimate of drug-likeness (QED) is 0.893. The molecular weight excluding hydrogens is 306 g/mol. The van der Waals surface area contributed by atoms with Gasteiger partial charge in [0.2, 0.25) is 0 Å². The van der Waals surface area contributed by atoms with Gasteiger partial charge in [-0.15, -0.1) is 0 Å². The average molecular weight is 326 g/mol. The zero-order valence-corrected chi connectivity index (χ0v) is 12.5. The maximum absolute atomic E-state index is 11.9. The second kappa shape index (κ2) is 7.06. The summed E-state index contributed by atoms with van der Waals surface area (Å²) in [5, 5.41) is 12.9. The van der Waals surface area contributed by atoms with Crippen molar-refractivity contribution < 1.29 is 9.90 Å². The van der Waals surface area contributed by atoms with Crippen molar-refractivity contribution >= 4 is 21.8 Å². The largest absolute Gasteiger partial charge is 0.391 e. The van der Waals surface area contributed by atoms with Crippen molar-refractivity contribution in [1.82, 2.24) is 5.32 Å². The van der Waals surface area contributed by atoms with Gasteiger partial charge >= 0.3 is 0 Å². The monoisotopic (exact) mass is 325 g/mol. The lowest BCUT2D eigenvalue weighted by Gasteiger charge is -2.26. The van der Waals surface area contributed by atoms with Gasteiger partial charge in [-0.1, -0.05) is 35.2 Å². The SMILES string of the molecule is O=C(NC[C@H](O)C1CCCCC1)c1ccc(Br)cc1. The summed E-state index contributed by atoms with van der Waals surface area (Å²) in [4.78, 5) is 11.9. The van der Waals surface area contributed by atoms with E-state index in [0.717, 1.165) is 17.3 Å². The highest BCUT2D eigenvalue weighted by Crippen LogP contribution is 2.26. The number of hydrogen-bond acceptors (Lipinski definition) is 2. The van der Waals surface area contributed by atoms with Gasteiger partial charge in [-0.05, 0) is 43.0 Å². The summed E-state index contributed by atoms with van der Waals surface area (Å²) in [6, 6.07) is 7.22. The van der Waals surface area contributed by atoms with Crippen molar-refractivity contribution in [3.05, 3.63) is 34.3 Å². The number of rotatable bonds is 4. The van der Waals surface area contributed by atoms with Crippen LogP contribution >= 0.6 is 15.9 Å². The first-order valence-corrected chi connectivity index (χ1v) is 7.68. The summed E-state index contributed by atoms with van der Waals surface area (Å²) in [5.74, 6) is 0.223. The van der Waals surface area contributed by atoms with Crippen LogP contribution in [-0.2, 0) is 0 Å². The zero-order chi connectivity index (χ0) is 13.7. The summed E-state index contributed by atoms with van der Waals surface area (Å²) in [7, 11) is 0. The Kier molecular flexibility index (Phi) is 5.40. The van der Waals surface area contributed by atoms with Gasteiger partial charge in [-0.2, -0.15) is 0 Å². The zero-order valence-electron chi connectivity index (χ0n) is 10.9. The number of aliphatic hydroxyl groups excluding tert-OH is 1. The molecule has 0 aliphatic heterocycles. The molecule has 0 bridgehead atoms. The fourth-order valence-electron chi connectivity index (χ4n) is 2.59. The Labute approximate surface area is 122 Å². The van der Waals surface area contributed by atoms with E-state index in [4.69, 9.17) is 0 Å². The summed E-state index contributed by atoms with van der Waals surface area (Å²) in [6.45, 7) is 0.347. The van der Waals surface area contributed by atoms with Crippen LogP contribution in [0.3, 0.4) is 0 Å². The smallest absolute Gasteiger partial charge is 0.251 e. The predicted molar refractivity (Wildman–Crippen MR) is 79.1 cm³/mol. The molecule has 0 spiro atoms. The Morgan fingerprint density at radius 1 is 1.26 bits per heavy atom. The lowest BCUT2D eigenvalue weighted by Crippen LogP contribution is -2.37. The van der Waals surface area contributed by atoms with Crippen molar-refractivity contribution in [3.8, 4) is 0 Å². The van der Waals surface area contributed by atoms with Gasteiger partial charge < -0.3 is 10.4 Å². The predicted octanol–water partition coefficient (Wildman–Crippen LogP) is 3.12. The van der Waals surface area contributed by atoms with E-state index >= 15 is 0 Å². The van der Waals surface area contributed by atoms with E-state index in [1.54, 1.807) is 12.1 Å². The molecule has 3 nitrogen and oxygen atoms in total. The van der Waals surface area contributed by atoms with Gasteiger partial charge in [-0.3, -0.25) is 4.79 Å². The molecule has 1 aliphatic rings. The summed E-state index contributed by atoms with van der Waals surface area (Å²) in [5.41, 5.74) is 0.624. The molecule has 4 heteroatoms. The summed E-state index contributed by atoms with van der Waals surface area (Å²) < 4.78 is 0.950. The third kappa shape index (κ3) is 4.32. The minimum atomic E-state index is -0.417. The molecule has 1 aliphatic carbocycles. The van der Waals surface area contributed by atoms with Crippen LogP contribution in [0.4, 0.5) is 0 Å². The van der Waals surface area contributed by atoms with E-state index in [2.05, 4.69) is 21.2 Å². The number of nitrogens with one attached hydrogen (secondary N) is 1. The van der Waals surface area contributed by atoms with E-state index in [1.807, 2.05) is 12.1 Å². The molecule has 1 amide bonds. The fourth-order valence-corrected chi connectivity index (χ4v) is 2.85. The first-order valence-electron chi connectivity index (χ1n) is 6.88. The Morgan fingerprint density at radius 2 is 1.89 bits per heavy atom. The molecule has 1 fully saturated rings. The Morgan fingerprint density at radius 3 is 2.53 bits per heavy atom. The van der Waals surface area contributed by atoms with Crippen LogP contribution in [0, 0.1) is 5.92 Å². The van der Waals surface area contributed by atoms with Crippen molar-refractivity contribution in [2.24, 2.45) is 5.92 Å². The van der Waals surface area contributed by atoms with Gasteiger partial charge in [0, 0.05) is 16.6 Å². The second-order valence-electron chi connectivity index (χ2n) is 5.18. The molecule has 104 valence electrons. The van der Waals surface area contributed by atoms with E-state index in [1.165, 1.54) is 19.3 Å². The Balaban J connectivity index is 1.81. The van der Waals surface area contributed by atoms with Crippen LogP contribution in [-0.4, -0.2) is 23.7 Å². The van der Waals surface area contributed by atoms with Gasteiger partial charge in [-0.25, -0.2) is 0 Å². The number of amides is 1. The first-order chi connectivity index (χ1) is 9.16. The minimum Gasteiger partial charge on any atom is -0.391 e. The molecule has 0 unspecified atom stereocenters. The fraction of sp³-hybridized carbons (Fsp3) is 0.533. The summed E-state index contributed by atoms with van der Waals surface area (Å²) in [6.07, 6.45) is 5.41. The minimum absolute atomic E-state index is 0.123. The maximum Gasteiger partial charge on any atom is 0.251 e. The van der Waals surface area contributed by atoms with E-state index < -0.39 is 6.10 Å². The molecule has 0 radical (unpaired) electrons. The third-order valence-corrected chi connectivity index (χ3v) is 4.30. The molecule has 0 saturated heterocycles. The average Bonchev–Trinajstić information content (AvgIpc) is 2.46. The molecule has 2 N–H and O–H groups in total. The van der Waals surface area contributed by atoms with Crippen molar-refractivity contribution in [2.45, 2.75) is 38.2 Å². The van der Waals surface area contributed by atoms with E-state index in [9.17, 15) is 9.90 Å². The van der Waals surface area contributed by atoms with Gasteiger partial charge in [0.15, 0.2) is 0 Å². The molecule has 2 rings (SSSR count). The number of halogens is 1. The molecule has 1 atom stereocenters. The van der Waals surface area contributed by atoms with Gasteiger partial charge in [0.1, 0.15) is 0 Å². The lowest BCUT2D eigenvalue weighted by molar-refractivity contribution is 0.0738. The second-order valence-corrected chi connectivity index (χ2v) is 6.10. The van der Waals surface area contributed by atoms with E-state index in [-0.39, 0.29) is 5.91 Å². The first kappa shape index (κ1) is 14.5. The van der Waals surface area contributed by atoms with Crippen molar-refractivity contribution in [3.63, 3.8) is 0 Å². The Bertz CT molecular complexity index is 413. The van der Waals surface area contributed by atoms with Crippen LogP contribution in [0.25, 0.3) is 0 Å². The maximum atomic E-state index is 11.9. The highest BCUT2D eigenvalue weighted by atomic mass is 79.9. The van der Waals surface area contributed by atoms with Crippen molar-refractivity contribution in [1.29, 1.82) is 0 Å². The van der Waals surface area contributed by atoms with Gasteiger partial charge in [0.05, 0.1) is 6.10 Å². The van der Waals surface area contributed by atoms with E-state index in [0.29, 0.717) is 18.0 Å². The molecule has 1 saturated carbocycles. The molecule has 0 aromatic heterocycles. The molecule has 19 heavy (non-hydrogen) atoms. The number of hydrogen-bond donors (Lipinski definition) is 2. The topological polar surface area (TPSA) is 49.3 Å². The third-order valence-electron chi connectivity index (χ3n) is 3.77. The highest BCUT2D eigenvalue weighted by molar-refractivity contribution is 9.10. The number of carbonyl (C=O) groups excluding carboxylic acids is 1. The normalized spacial score (nSPS) is 18.0. The van der Waals surface area contributed by atoms with Crippen LogP contribution in [0.5, 0.6) is 0 Å². The van der Waals surface area contributed by atoms with Crippen LogP contribution in [0.2, 0.25) is 0 Å². The summed E-state index contributed by atoms with van der Waals surface area (Å²) >= 11 is 3.34. The Hall–Kier alpha value is -0.870. The number of carbonyl (C=O) groups is 1. The van der Waals surface area contributed by atoms with Gasteiger partial charge in [0.25, 0.3) is 5.91 Å². The highest BCUT2D eigenvalue weighted by Gasteiger charge is 2.22. The number of benzene rings is 1. The standard InChI is InChI=1S/C15H20BrNO2/c16-13-8-6-12(7-9-13)15(19)17-10-14(18)11-4-2-1-3-5-11/h6-9,11,14,18H,1-5,10H2,(H,17,19)/t14-/m0/s1.